The zero-order chi connectivity index (χ0) is 13.2. The standard InChI is InChI=1S/C15H24ClNO/c1-13(2)17-10-5-3-4-6-11-18-15-9-7-8-14(16)12-15/h7-9,12-13,17H,3-6,10-11H2,1-2H3. The molecule has 0 aromatic heterocycles. The second kappa shape index (κ2) is 9.23. The van der Waals surface area contributed by atoms with Gasteiger partial charge in [0, 0.05) is 11.1 Å². The molecule has 2 nitrogen and oxygen atoms in total. The Kier molecular flexibility index (Phi) is 7.86. The van der Waals surface area contributed by atoms with Gasteiger partial charge in [0.1, 0.15) is 5.75 Å². The van der Waals surface area contributed by atoms with Gasteiger partial charge in [0.2, 0.25) is 0 Å². The summed E-state index contributed by atoms with van der Waals surface area (Å²) in [5.41, 5.74) is 0. The van der Waals surface area contributed by atoms with Crippen molar-refractivity contribution >= 4 is 11.6 Å². The van der Waals surface area contributed by atoms with Gasteiger partial charge in [0.05, 0.1) is 6.61 Å². The van der Waals surface area contributed by atoms with E-state index < -0.39 is 0 Å². The van der Waals surface area contributed by atoms with Gasteiger partial charge >= 0.3 is 0 Å². The molecule has 1 rings (SSSR count). The molecule has 0 radical (unpaired) electrons. The monoisotopic (exact) mass is 269 g/mol. The molecule has 0 heterocycles. The predicted molar refractivity (Wildman–Crippen MR) is 78.6 cm³/mol. The summed E-state index contributed by atoms with van der Waals surface area (Å²) in [4.78, 5) is 0. The second-order valence-corrected chi connectivity index (χ2v) is 5.27. The van der Waals surface area contributed by atoms with Gasteiger partial charge in [-0.15, -0.1) is 0 Å². The average molecular weight is 270 g/mol. The van der Waals surface area contributed by atoms with Crippen molar-refractivity contribution in [2.75, 3.05) is 13.2 Å². The van der Waals surface area contributed by atoms with E-state index in [9.17, 15) is 0 Å². The van der Waals surface area contributed by atoms with Crippen LogP contribution in [0.3, 0.4) is 0 Å². The first-order valence-electron chi connectivity index (χ1n) is 6.80. The van der Waals surface area contributed by atoms with Crippen LogP contribution in [0.1, 0.15) is 39.5 Å². The van der Waals surface area contributed by atoms with Crippen LogP contribution in [-0.4, -0.2) is 19.2 Å². The molecule has 18 heavy (non-hydrogen) atoms. The molecule has 0 aliphatic rings. The minimum Gasteiger partial charge on any atom is -0.494 e. The van der Waals surface area contributed by atoms with Crippen LogP contribution >= 0.6 is 11.6 Å². The summed E-state index contributed by atoms with van der Waals surface area (Å²) < 4.78 is 5.63. The minimum atomic E-state index is 0.594. The van der Waals surface area contributed by atoms with Crippen LogP contribution in [0, 0.1) is 0 Å². The SMILES string of the molecule is CC(C)NCCCCCCOc1cccc(Cl)c1. The number of unbranched alkanes of at least 4 members (excludes halogenated alkanes) is 3. The lowest BCUT2D eigenvalue weighted by molar-refractivity contribution is 0.304. The molecule has 1 N–H and O–H groups in total. The summed E-state index contributed by atoms with van der Waals surface area (Å²) in [7, 11) is 0. The van der Waals surface area contributed by atoms with Gasteiger partial charge in [0.15, 0.2) is 0 Å². The Morgan fingerprint density at radius 2 is 1.94 bits per heavy atom. The third-order valence-corrected chi connectivity index (χ3v) is 2.92. The zero-order valence-corrected chi connectivity index (χ0v) is 12.2. The van der Waals surface area contributed by atoms with E-state index in [1.54, 1.807) is 0 Å². The lowest BCUT2D eigenvalue weighted by Crippen LogP contribution is -2.23. The molecule has 0 fully saturated rings. The first-order chi connectivity index (χ1) is 8.68. The molecule has 0 spiro atoms. The van der Waals surface area contributed by atoms with Crippen molar-refractivity contribution in [1.82, 2.24) is 5.32 Å². The summed E-state index contributed by atoms with van der Waals surface area (Å²) in [6.45, 7) is 6.25. The Morgan fingerprint density at radius 1 is 1.17 bits per heavy atom. The van der Waals surface area contributed by atoms with Crippen molar-refractivity contribution in [3.8, 4) is 5.75 Å². The first-order valence-corrected chi connectivity index (χ1v) is 7.18. The smallest absolute Gasteiger partial charge is 0.120 e. The van der Waals surface area contributed by atoms with Crippen molar-refractivity contribution in [2.24, 2.45) is 0 Å². The summed E-state index contributed by atoms with van der Waals surface area (Å²) >= 11 is 5.88. The second-order valence-electron chi connectivity index (χ2n) is 4.83. The first kappa shape index (κ1) is 15.3. The number of rotatable bonds is 9. The number of nitrogens with one attached hydrogen (secondary N) is 1. The van der Waals surface area contributed by atoms with Gasteiger partial charge in [-0.2, -0.15) is 0 Å². The van der Waals surface area contributed by atoms with E-state index in [1.807, 2.05) is 24.3 Å². The molecule has 102 valence electrons. The number of halogens is 1. The van der Waals surface area contributed by atoms with E-state index in [2.05, 4.69) is 19.2 Å². The molecule has 3 heteroatoms. The molecule has 0 aliphatic carbocycles. The van der Waals surface area contributed by atoms with Gasteiger partial charge in [-0.05, 0) is 37.6 Å². The maximum absolute atomic E-state index is 5.88. The average Bonchev–Trinajstić information content (AvgIpc) is 2.32. The predicted octanol–water partition coefficient (Wildman–Crippen LogP) is 4.28. The quantitative estimate of drug-likeness (QED) is 0.676. The number of hydrogen-bond acceptors (Lipinski definition) is 2. The Hall–Kier alpha value is -0.730. The lowest BCUT2D eigenvalue weighted by atomic mass is 10.2. The fourth-order valence-electron chi connectivity index (χ4n) is 1.72. The highest BCUT2D eigenvalue weighted by molar-refractivity contribution is 6.30. The number of hydrogen-bond donors (Lipinski definition) is 1. The maximum Gasteiger partial charge on any atom is 0.120 e. The van der Waals surface area contributed by atoms with Crippen LogP contribution in [0.25, 0.3) is 0 Å². The van der Waals surface area contributed by atoms with E-state index in [0.29, 0.717) is 6.04 Å². The summed E-state index contributed by atoms with van der Waals surface area (Å²) in [6, 6.07) is 8.16. The van der Waals surface area contributed by atoms with Crippen LogP contribution in [-0.2, 0) is 0 Å². The van der Waals surface area contributed by atoms with Gasteiger partial charge < -0.3 is 10.1 Å². The summed E-state index contributed by atoms with van der Waals surface area (Å²) in [6.07, 6.45) is 4.84. The molecule has 0 amide bonds. The van der Waals surface area contributed by atoms with Gasteiger partial charge in [-0.1, -0.05) is 44.4 Å². The molecule has 0 unspecified atom stereocenters. The topological polar surface area (TPSA) is 21.3 Å². The number of ether oxygens (including phenoxy) is 1. The Morgan fingerprint density at radius 3 is 2.67 bits per heavy atom. The van der Waals surface area contributed by atoms with Crippen molar-refractivity contribution in [3.05, 3.63) is 29.3 Å². The van der Waals surface area contributed by atoms with Crippen molar-refractivity contribution < 1.29 is 4.74 Å². The normalized spacial score (nSPS) is 10.9. The Bertz CT molecular complexity index is 328. The van der Waals surface area contributed by atoms with E-state index >= 15 is 0 Å². The fourth-order valence-corrected chi connectivity index (χ4v) is 1.90. The minimum absolute atomic E-state index is 0.594. The van der Waals surface area contributed by atoms with Crippen LogP contribution in [0.2, 0.25) is 5.02 Å². The fraction of sp³-hybridized carbons (Fsp3) is 0.600. The van der Waals surface area contributed by atoms with E-state index in [1.165, 1.54) is 19.3 Å². The highest BCUT2D eigenvalue weighted by Crippen LogP contribution is 2.17. The van der Waals surface area contributed by atoms with Crippen LogP contribution < -0.4 is 10.1 Å². The molecule has 1 aromatic rings. The lowest BCUT2D eigenvalue weighted by Gasteiger charge is -2.08. The van der Waals surface area contributed by atoms with Crippen LogP contribution in [0.15, 0.2) is 24.3 Å². The Balaban J connectivity index is 1.96. The third kappa shape index (κ3) is 7.57. The largest absolute Gasteiger partial charge is 0.494 e. The molecule has 0 atom stereocenters. The highest BCUT2D eigenvalue weighted by Gasteiger charge is 1.96. The summed E-state index contributed by atoms with van der Waals surface area (Å²) in [5, 5.41) is 4.15. The molecule has 0 bridgehead atoms. The van der Waals surface area contributed by atoms with Gasteiger partial charge in [-0.3, -0.25) is 0 Å². The van der Waals surface area contributed by atoms with Gasteiger partial charge in [0.25, 0.3) is 0 Å². The van der Waals surface area contributed by atoms with E-state index in [4.69, 9.17) is 16.3 Å². The van der Waals surface area contributed by atoms with E-state index in [0.717, 1.165) is 30.3 Å². The molecular weight excluding hydrogens is 246 g/mol. The molecule has 1 aromatic carbocycles. The third-order valence-electron chi connectivity index (χ3n) is 2.69. The summed E-state index contributed by atoms with van der Waals surface area (Å²) in [5.74, 6) is 0.865. The molecule has 0 aliphatic heterocycles. The van der Waals surface area contributed by atoms with E-state index in [-0.39, 0.29) is 0 Å². The van der Waals surface area contributed by atoms with Gasteiger partial charge in [-0.25, -0.2) is 0 Å². The number of benzene rings is 1. The molecule has 0 saturated heterocycles. The zero-order valence-electron chi connectivity index (χ0n) is 11.4. The maximum atomic E-state index is 5.88. The molecule has 0 saturated carbocycles. The highest BCUT2D eigenvalue weighted by atomic mass is 35.5. The van der Waals surface area contributed by atoms with Crippen LogP contribution in [0.4, 0.5) is 0 Å². The van der Waals surface area contributed by atoms with Crippen molar-refractivity contribution in [2.45, 2.75) is 45.6 Å². The van der Waals surface area contributed by atoms with Crippen LogP contribution in [0.5, 0.6) is 5.75 Å². The van der Waals surface area contributed by atoms with Crippen molar-refractivity contribution in [1.29, 1.82) is 0 Å². The Labute approximate surface area is 116 Å². The molecular formula is C15H24ClNO. The van der Waals surface area contributed by atoms with Crippen molar-refractivity contribution in [3.63, 3.8) is 0 Å².